The highest BCUT2D eigenvalue weighted by Crippen LogP contribution is 2.33. The highest BCUT2D eigenvalue weighted by atomic mass is 16.5. The molecule has 1 aliphatic rings. The van der Waals surface area contributed by atoms with Crippen LogP contribution in [0.15, 0.2) is 29.2 Å². The summed E-state index contributed by atoms with van der Waals surface area (Å²) in [4.78, 5) is 4.48. The fraction of sp³-hybridized carbons (Fsp3) is 0.385. The molecule has 0 spiro atoms. The zero-order valence-electron chi connectivity index (χ0n) is 9.31. The van der Waals surface area contributed by atoms with Crippen LogP contribution in [0.4, 0.5) is 0 Å². The van der Waals surface area contributed by atoms with E-state index in [4.69, 9.17) is 4.52 Å². The first-order valence-electron chi connectivity index (χ1n) is 5.68. The Labute approximate surface area is 94.5 Å². The largest absolute Gasteiger partial charge is 0.364 e. The zero-order valence-corrected chi connectivity index (χ0v) is 9.31. The van der Waals surface area contributed by atoms with Crippen molar-refractivity contribution in [3.63, 3.8) is 0 Å². The summed E-state index contributed by atoms with van der Waals surface area (Å²) in [7, 11) is 0. The molecule has 0 radical (unpaired) electrons. The van der Waals surface area contributed by atoms with Gasteiger partial charge in [0.15, 0.2) is 0 Å². The van der Waals surface area contributed by atoms with Gasteiger partial charge in [-0.3, -0.25) is 4.98 Å². The fourth-order valence-corrected chi connectivity index (χ4v) is 1.95. The van der Waals surface area contributed by atoms with Crippen LogP contribution in [-0.2, 0) is 6.42 Å². The highest BCUT2D eigenvalue weighted by molar-refractivity contribution is 5.65. The average molecular weight is 214 g/mol. The Hall–Kier alpha value is -1.64. The van der Waals surface area contributed by atoms with Gasteiger partial charge in [0.1, 0.15) is 6.26 Å². The van der Waals surface area contributed by atoms with Crippen molar-refractivity contribution in [2.75, 3.05) is 0 Å². The van der Waals surface area contributed by atoms with Crippen LogP contribution >= 0.6 is 0 Å². The van der Waals surface area contributed by atoms with Crippen molar-refractivity contribution in [1.82, 2.24) is 10.1 Å². The van der Waals surface area contributed by atoms with E-state index in [2.05, 4.69) is 23.1 Å². The SMILES string of the molecule is Cc1cnc(CC2CC2)cc1-c1cnoc1. The molecule has 0 aromatic carbocycles. The van der Waals surface area contributed by atoms with Crippen LogP contribution < -0.4 is 0 Å². The van der Waals surface area contributed by atoms with Gasteiger partial charge in [-0.15, -0.1) is 0 Å². The Bertz CT molecular complexity index is 487. The third-order valence-electron chi connectivity index (χ3n) is 3.10. The maximum atomic E-state index is 4.89. The van der Waals surface area contributed by atoms with Gasteiger partial charge < -0.3 is 4.52 Å². The predicted molar refractivity (Wildman–Crippen MR) is 60.9 cm³/mol. The Balaban J connectivity index is 1.95. The molecule has 3 rings (SSSR count). The van der Waals surface area contributed by atoms with Crippen LogP contribution in [-0.4, -0.2) is 10.1 Å². The molecule has 3 heteroatoms. The molecule has 82 valence electrons. The quantitative estimate of drug-likeness (QED) is 0.788. The van der Waals surface area contributed by atoms with Crippen molar-refractivity contribution < 1.29 is 4.52 Å². The molecule has 1 aliphatic carbocycles. The van der Waals surface area contributed by atoms with E-state index in [-0.39, 0.29) is 0 Å². The molecule has 0 saturated heterocycles. The Morgan fingerprint density at radius 1 is 1.38 bits per heavy atom. The van der Waals surface area contributed by atoms with Crippen molar-refractivity contribution in [1.29, 1.82) is 0 Å². The van der Waals surface area contributed by atoms with Gasteiger partial charge in [0.25, 0.3) is 0 Å². The number of aryl methyl sites for hydroxylation is 1. The summed E-state index contributed by atoms with van der Waals surface area (Å²) in [6, 6.07) is 2.17. The smallest absolute Gasteiger partial charge is 0.131 e. The molecule has 3 nitrogen and oxygen atoms in total. The minimum absolute atomic E-state index is 0.866. The molecule has 0 atom stereocenters. The van der Waals surface area contributed by atoms with Gasteiger partial charge in [0.05, 0.1) is 6.20 Å². The van der Waals surface area contributed by atoms with E-state index in [0.29, 0.717) is 0 Å². The van der Waals surface area contributed by atoms with Gasteiger partial charge in [0, 0.05) is 17.5 Å². The number of nitrogens with zero attached hydrogens (tertiary/aromatic N) is 2. The lowest BCUT2D eigenvalue weighted by molar-refractivity contribution is 0.420. The molecule has 2 aromatic heterocycles. The van der Waals surface area contributed by atoms with Crippen molar-refractivity contribution in [2.45, 2.75) is 26.2 Å². The topological polar surface area (TPSA) is 38.9 Å². The van der Waals surface area contributed by atoms with Gasteiger partial charge in [-0.05, 0) is 49.3 Å². The number of aromatic nitrogens is 2. The summed E-state index contributed by atoms with van der Waals surface area (Å²) >= 11 is 0. The van der Waals surface area contributed by atoms with Gasteiger partial charge in [0.2, 0.25) is 0 Å². The van der Waals surface area contributed by atoms with Gasteiger partial charge >= 0.3 is 0 Å². The van der Waals surface area contributed by atoms with Gasteiger partial charge in [-0.25, -0.2) is 0 Å². The molecule has 1 saturated carbocycles. The summed E-state index contributed by atoms with van der Waals surface area (Å²) in [5, 5.41) is 3.75. The van der Waals surface area contributed by atoms with E-state index >= 15 is 0 Å². The molecule has 0 amide bonds. The molecule has 2 heterocycles. The van der Waals surface area contributed by atoms with E-state index < -0.39 is 0 Å². The Morgan fingerprint density at radius 3 is 2.94 bits per heavy atom. The van der Waals surface area contributed by atoms with E-state index in [1.807, 2.05) is 6.20 Å². The maximum absolute atomic E-state index is 4.89. The molecular weight excluding hydrogens is 200 g/mol. The second-order valence-electron chi connectivity index (χ2n) is 4.55. The van der Waals surface area contributed by atoms with Crippen LogP contribution in [0.1, 0.15) is 24.1 Å². The Morgan fingerprint density at radius 2 is 2.25 bits per heavy atom. The van der Waals surface area contributed by atoms with Crippen LogP contribution in [0, 0.1) is 12.8 Å². The first-order valence-corrected chi connectivity index (χ1v) is 5.68. The third-order valence-corrected chi connectivity index (χ3v) is 3.10. The minimum Gasteiger partial charge on any atom is -0.364 e. The van der Waals surface area contributed by atoms with E-state index in [1.54, 1.807) is 12.5 Å². The molecule has 2 aromatic rings. The summed E-state index contributed by atoms with van der Waals surface area (Å²) in [5.41, 5.74) is 4.58. The zero-order chi connectivity index (χ0) is 11.0. The average Bonchev–Trinajstić information content (AvgIpc) is 2.94. The monoisotopic (exact) mass is 214 g/mol. The number of rotatable bonds is 3. The van der Waals surface area contributed by atoms with Crippen molar-refractivity contribution in [2.24, 2.45) is 5.92 Å². The summed E-state index contributed by atoms with van der Waals surface area (Å²) < 4.78 is 4.89. The first kappa shape index (κ1) is 9.58. The summed E-state index contributed by atoms with van der Waals surface area (Å²) in [5.74, 6) is 0.866. The van der Waals surface area contributed by atoms with Crippen molar-refractivity contribution in [3.8, 4) is 11.1 Å². The van der Waals surface area contributed by atoms with Crippen molar-refractivity contribution >= 4 is 0 Å². The molecule has 0 N–H and O–H groups in total. The van der Waals surface area contributed by atoms with Gasteiger partial charge in [-0.1, -0.05) is 5.16 Å². The second kappa shape index (κ2) is 3.74. The molecule has 0 bridgehead atoms. The van der Waals surface area contributed by atoms with E-state index in [0.717, 1.165) is 17.9 Å². The molecule has 16 heavy (non-hydrogen) atoms. The first-order chi connectivity index (χ1) is 7.83. The predicted octanol–water partition coefficient (Wildman–Crippen LogP) is 3.00. The minimum atomic E-state index is 0.866. The molecule has 1 fully saturated rings. The molecular formula is C13H14N2O. The molecule has 0 unspecified atom stereocenters. The van der Waals surface area contributed by atoms with E-state index in [9.17, 15) is 0 Å². The van der Waals surface area contributed by atoms with Gasteiger partial charge in [-0.2, -0.15) is 0 Å². The third kappa shape index (κ3) is 1.85. The summed E-state index contributed by atoms with van der Waals surface area (Å²) in [6.07, 6.45) is 9.21. The highest BCUT2D eigenvalue weighted by Gasteiger charge is 2.22. The van der Waals surface area contributed by atoms with Crippen LogP contribution in [0.2, 0.25) is 0 Å². The number of hydrogen-bond donors (Lipinski definition) is 0. The fourth-order valence-electron chi connectivity index (χ4n) is 1.95. The van der Waals surface area contributed by atoms with Crippen LogP contribution in [0.3, 0.4) is 0 Å². The standard InChI is InChI=1S/C13H14N2O/c1-9-6-14-12(4-10-2-3-10)5-13(9)11-7-15-16-8-11/h5-8,10H,2-4H2,1H3. The lowest BCUT2D eigenvalue weighted by Gasteiger charge is -2.05. The number of pyridine rings is 1. The van der Waals surface area contributed by atoms with Crippen molar-refractivity contribution in [3.05, 3.63) is 36.0 Å². The number of hydrogen-bond acceptors (Lipinski definition) is 3. The Kier molecular flexibility index (Phi) is 2.24. The van der Waals surface area contributed by atoms with Crippen LogP contribution in [0.5, 0.6) is 0 Å². The second-order valence-corrected chi connectivity index (χ2v) is 4.55. The lowest BCUT2D eigenvalue weighted by atomic mass is 10.0. The normalized spacial score (nSPS) is 15.3. The maximum Gasteiger partial charge on any atom is 0.131 e. The summed E-state index contributed by atoms with van der Waals surface area (Å²) in [6.45, 7) is 2.07. The lowest BCUT2D eigenvalue weighted by Crippen LogP contribution is -1.94. The molecule has 0 aliphatic heterocycles. The van der Waals surface area contributed by atoms with Crippen LogP contribution in [0.25, 0.3) is 11.1 Å². The van der Waals surface area contributed by atoms with E-state index in [1.165, 1.54) is 29.7 Å².